The van der Waals surface area contributed by atoms with Crippen molar-refractivity contribution < 1.29 is 0 Å². The van der Waals surface area contributed by atoms with Crippen LogP contribution in [0.2, 0.25) is 5.02 Å². The van der Waals surface area contributed by atoms with Crippen molar-refractivity contribution in [2.24, 2.45) is 0 Å². The van der Waals surface area contributed by atoms with Gasteiger partial charge in [-0.15, -0.1) is 11.3 Å². The predicted molar refractivity (Wildman–Crippen MR) is 83.1 cm³/mol. The van der Waals surface area contributed by atoms with Gasteiger partial charge in [0.15, 0.2) is 0 Å². The van der Waals surface area contributed by atoms with E-state index in [0.717, 1.165) is 26.2 Å². The summed E-state index contributed by atoms with van der Waals surface area (Å²) in [7, 11) is 1.80. The van der Waals surface area contributed by atoms with Crippen LogP contribution >= 0.6 is 22.9 Å². The number of rotatable bonds is 3. The van der Waals surface area contributed by atoms with Crippen LogP contribution in [0.4, 0.5) is 5.95 Å². The Bertz CT molecular complexity index is 724. The van der Waals surface area contributed by atoms with Gasteiger partial charge in [-0.1, -0.05) is 23.7 Å². The third-order valence-electron chi connectivity index (χ3n) is 2.73. The van der Waals surface area contributed by atoms with Crippen molar-refractivity contribution in [3.63, 3.8) is 0 Å². The highest BCUT2D eigenvalue weighted by molar-refractivity contribution is 7.18. The van der Waals surface area contributed by atoms with Crippen molar-refractivity contribution in [3.8, 4) is 21.1 Å². The van der Waals surface area contributed by atoms with Crippen LogP contribution in [0.5, 0.6) is 0 Å². The summed E-state index contributed by atoms with van der Waals surface area (Å²) in [5.74, 6) is 0.601. The van der Waals surface area contributed by atoms with Gasteiger partial charge in [0.25, 0.3) is 0 Å². The molecule has 1 N–H and O–H groups in total. The lowest BCUT2D eigenvalue weighted by Gasteiger charge is -1.99. The Morgan fingerprint density at radius 1 is 1.10 bits per heavy atom. The molecule has 0 radical (unpaired) electrons. The van der Waals surface area contributed by atoms with Gasteiger partial charge in [-0.05, 0) is 18.2 Å². The van der Waals surface area contributed by atoms with Crippen LogP contribution in [0.3, 0.4) is 0 Å². The third-order valence-corrected chi connectivity index (χ3v) is 4.05. The zero-order valence-electron chi connectivity index (χ0n) is 10.7. The maximum atomic E-state index is 5.89. The zero-order chi connectivity index (χ0) is 13.9. The monoisotopic (exact) mass is 302 g/mol. The van der Waals surface area contributed by atoms with E-state index in [4.69, 9.17) is 11.6 Å². The van der Waals surface area contributed by atoms with Gasteiger partial charge in [0.2, 0.25) is 5.95 Å². The van der Waals surface area contributed by atoms with Crippen LogP contribution in [0, 0.1) is 0 Å². The number of nitrogens with one attached hydrogen (secondary N) is 1. The van der Waals surface area contributed by atoms with Crippen molar-refractivity contribution in [1.29, 1.82) is 0 Å². The molecule has 2 aromatic heterocycles. The van der Waals surface area contributed by atoms with E-state index in [9.17, 15) is 0 Å². The minimum absolute atomic E-state index is 0.601. The lowest BCUT2D eigenvalue weighted by molar-refractivity contribution is 1.16. The van der Waals surface area contributed by atoms with Crippen LogP contribution in [0.25, 0.3) is 21.1 Å². The molecule has 0 fully saturated rings. The molecule has 0 saturated heterocycles. The maximum absolute atomic E-state index is 5.89. The summed E-state index contributed by atoms with van der Waals surface area (Å²) >= 11 is 7.48. The summed E-state index contributed by atoms with van der Waals surface area (Å²) in [6, 6.07) is 9.53. The quantitative estimate of drug-likeness (QED) is 0.795. The Morgan fingerprint density at radius 3 is 2.65 bits per heavy atom. The number of thiazole rings is 1. The first kappa shape index (κ1) is 13.0. The lowest BCUT2D eigenvalue weighted by Crippen LogP contribution is -1.95. The first-order valence-electron chi connectivity index (χ1n) is 5.99. The van der Waals surface area contributed by atoms with Gasteiger partial charge in [0, 0.05) is 30.0 Å². The number of nitrogens with zero attached hydrogens (tertiary/aromatic N) is 3. The van der Waals surface area contributed by atoms with E-state index in [-0.39, 0.29) is 0 Å². The van der Waals surface area contributed by atoms with E-state index in [2.05, 4.69) is 20.3 Å². The number of hydrogen-bond acceptors (Lipinski definition) is 5. The number of halogens is 1. The molecule has 0 amide bonds. The van der Waals surface area contributed by atoms with Gasteiger partial charge < -0.3 is 5.32 Å². The van der Waals surface area contributed by atoms with Crippen molar-refractivity contribution in [2.75, 3.05) is 12.4 Å². The molecule has 0 bridgehead atoms. The van der Waals surface area contributed by atoms with E-state index >= 15 is 0 Å². The molecule has 0 aliphatic rings. The third kappa shape index (κ3) is 2.64. The van der Waals surface area contributed by atoms with E-state index < -0.39 is 0 Å². The van der Waals surface area contributed by atoms with Gasteiger partial charge >= 0.3 is 0 Å². The Kier molecular flexibility index (Phi) is 3.62. The van der Waals surface area contributed by atoms with Crippen molar-refractivity contribution >= 4 is 28.9 Å². The molecule has 100 valence electrons. The molecule has 4 nitrogen and oxygen atoms in total. The molecule has 0 spiro atoms. The topological polar surface area (TPSA) is 50.7 Å². The largest absolute Gasteiger partial charge is 0.357 e. The highest BCUT2D eigenvalue weighted by Crippen LogP contribution is 2.31. The summed E-state index contributed by atoms with van der Waals surface area (Å²) in [6.07, 6.45) is 3.56. The Balaban J connectivity index is 1.95. The summed E-state index contributed by atoms with van der Waals surface area (Å²) in [5.41, 5.74) is 1.91. The molecule has 0 unspecified atom stereocenters. The van der Waals surface area contributed by atoms with Crippen molar-refractivity contribution in [1.82, 2.24) is 15.0 Å². The molecule has 3 aromatic rings. The summed E-state index contributed by atoms with van der Waals surface area (Å²) in [5, 5.41) is 4.60. The van der Waals surface area contributed by atoms with Gasteiger partial charge in [-0.3, -0.25) is 0 Å². The highest BCUT2D eigenvalue weighted by atomic mass is 35.5. The molecule has 1 aromatic carbocycles. The molecule has 0 aliphatic heterocycles. The van der Waals surface area contributed by atoms with Gasteiger partial charge in [-0.25, -0.2) is 15.0 Å². The standard InChI is InChI=1S/C14H11ClN4S/c1-16-14-17-7-6-11(19-14)12-8-18-13(20-12)9-2-4-10(15)5-3-9/h2-8H,1H3,(H,16,17,19). The van der Waals surface area contributed by atoms with Gasteiger partial charge in [0.05, 0.1) is 10.6 Å². The Hall–Kier alpha value is -1.98. The number of benzene rings is 1. The van der Waals surface area contributed by atoms with E-state index in [1.807, 2.05) is 36.5 Å². The maximum Gasteiger partial charge on any atom is 0.222 e. The molecule has 0 atom stereocenters. The number of aromatic nitrogens is 3. The zero-order valence-corrected chi connectivity index (χ0v) is 12.2. The van der Waals surface area contributed by atoms with Crippen LogP contribution in [0.1, 0.15) is 0 Å². The molecule has 0 aliphatic carbocycles. The normalized spacial score (nSPS) is 10.5. The molecule has 2 heterocycles. The molecule has 0 saturated carbocycles. The molecule has 3 rings (SSSR count). The lowest BCUT2D eigenvalue weighted by atomic mass is 10.2. The molecular formula is C14H11ClN4S. The van der Waals surface area contributed by atoms with E-state index in [0.29, 0.717) is 5.95 Å². The Morgan fingerprint density at radius 2 is 1.90 bits per heavy atom. The smallest absolute Gasteiger partial charge is 0.222 e. The molecule has 20 heavy (non-hydrogen) atoms. The minimum atomic E-state index is 0.601. The van der Waals surface area contributed by atoms with Crippen molar-refractivity contribution in [2.45, 2.75) is 0 Å². The predicted octanol–water partition coefficient (Wildman–Crippen LogP) is 3.96. The second-order valence-corrected chi connectivity index (χ2v) is 5.52. The second kappa shape index (κ2) is 5.56. The second-order valence-electron chi connectivity index (χ2n) is 4.05. The Labute approximate surface area is 125 Å². The van der Waals surface area contributed by atoms with E-state index in [1.54, 1.807) is 24.6 Å². The number of hydrogen-bond donors (Lipinski definition) is 1. The van der Waals surface area contributed by atoms with Crippen LogP contribution in [-0.2, 0) is 0 Å². The van der Waals surface area contributed by atoms with E-state index in [1.165, 1.54) is 0 Å². The van der Waals surface area contributed by atoms with Crippen molar-refractivity contribution in [3.05, 3.63) is 47.7 Å². The fourth-order valence-corrected chi connectivity index (χ4v) is 2.75. The fraction of sp³-hybridized carbons (Fsp3) is 0.0714. The average molecular weight is 303 g/mol. The van der Waals surface area contributed by atoms with Gasteiger partial charge in [0.1, 0.15) is 5.01 Å². The number of anilines is 1. The summed E-state index contributed by atoms with van der Waals surface area (Å²) < 4.78 is 0. The first-order chi connectivity index (χ1) is 9.76. The fourth-order valence-electron chi connectivity index (χ4n) is 1.73. The average Bonchev–Trinajstić information content (AvgIpc) is 2.98. The first-order valence-corrected chi connectivity index (χ1v) is 7.18. The van der Waals surface area contributed by atoms with Crippen LogP contribution in [-0.4, -0.2) is 22.0 Å². The molecule has 6 heteroatoms. The summed E-state index contributed by atoms with van der Waals surface area (Å²) in [6.45, 7) is 0. The summed E-state index contributed by atoms with van der Waals surface area (Å²) in [4.78, 5) is 14.0. The SMILES string of the molecule is CNc1nccc(-c2cnc(-c3ccc(Cl)cc3)s2)n1. The molecular weight excluding hydrogens is 292 g/mol. The van der Waals surface area contributed by atoms with Crippen LogP contribution < -0.4 is 5.32 Å². The van der Waals surface area contributed by atoms with Gasteiger partial charge in [-0.2, -0.15) is 0 Å². The minimum Gasteiger partial charge on any atom is -0.357 e. The highest BCUT2D eigenvalue weighted by Gasteiger charge is 2.08. The van der Waals surface area contributed by atoms with Crippen LogP contribution in [0.15, 0.2) is 42.7 Å².